The Labute approximate surface area is 147 Å². The van der Waals surface area contributed by atoms with Crippen molar-refractivity contribution in [1.82, 2.24) is 20.0 Å². The topological polar surface area (TPSA) is 73.5 Å². The Kier molecular flexibility index (Phi) is 4.94. The van der Waals surface area contributed by atoms with Crippen LogP contribution in [0.1, 0.15) is 37.6 Å². The molecule has 0 amide bonds. The normalized spacial score (nSPS) is 20.9. The third-order valence-corrected chi connectivity index (χ3v) is 4.81. The van der Waals surface area contributed by atoms with Crippen molar-refractivity contribution in [2.24, 2.45) is 5.92 Å². The number of nitrogens with zero attached hydrogens (tertiary/aromatic N) is 4. The van der Waals surface area contributed by atoms with Crippen molar-refractivity contribution in [1.29, 1.82) is 0 Å². The van der Waals surface area contributed by atoms with Gasteiger partial charge in [0.15, 0.2) is 0 Å². The van der Waals surface area contributed by atoms with Crippen LogP contribution in [-0.4, -0.2) is 53.4 Å². The number of aromatic nitrogens is 3. The first-order valence-corrected chi connectivity index (χ1v) is 8.99. The van der Waals surface area contributed by atoms with E-state index in [9.17, 15) is 0 Å². The quantitative estimate of drug-likeness (QED) is 0.682. The fraction of sp³-hybridized carbons (Fsp3) is 0.611. The summed E-state index contributed by atoms with van der Waals surface area (Å²) in [5.41, 5.74) is 0.851. The molecule has 1 saturated heterocycles. The minimum atomic E-state index is 0.265. The van der Waals surface area contributed by atoms with Gasteiger partial charge in [-0.15, -0.1) is 0 Å². The number of hydrogen-bond acceptors (Lipinski definition) is 7. The van der Waals surface area contributed by atoms with Crippen LogP contribution >= 0.6 is 0 Å². The molecule has 1 atom stereocenters. The Morgan fingerprint density at radius 2 is 2.20 bits per heavy atom. The van der Waals surface area contributed by atoms with Crippen LogP contribution in [0.5, 0.6) is 5.88 Å². The molecular formula is C18H24N4O3. The zero-order valence-electron chi connectivity index (χ0n) is 14.6. The second-order valence-electron chi connectivity index (χ2n) is 6.78. The number of likely N-dealkylation sites (tertiary alicyclic amines) is 1. The molecule has 2 aromatic rings. The number of ether oxygens (including phenoxy) is 2. The molecule has 0 spiro atoms. The highest BCUT2D eigenvalue weighted by Gasteiger charge is 2.34. The summed E-state index contributed by atoms with van der Waals surface area (Å²) in [4.78, 5) is 11.4. The molecule has 3 heterocycles. The van der Waals surface area contributed by atoms with E-state index in [4.69, 9.17) is 14.0 Å². The van der Waals surface area contributed by atoms with Gasteiger partial charge < -0.3 is 14.0 Å². The average molecular weight is 344 g/mol. The van der Waals surface area contributed by atoms with E-state index < -0.39 is 0 Å². The van der Waals surface area contributed by atoms with Crippen molar-refractivity contribution in [3.63, 3.8) is 0 Å². The molecule has 2 aliphatic rings. The first-order valence-electron chi connectivity index (χ1n) is 8.99. The van der Waals surface area contributed by atoms with Crippen molar-refractivity contribution >= 4 is 0 Å². The molecule has 134 valence electrons. The molecule has 2 fully saturated rings. The van der Waals surface area contributed by atoms with E-state index in [-0.39, 0.29) is 6.04 Å². The molecule has 1 saturated carbocycles. The van der Waals surface area contributed by atoms with E-state index in [1.165, 1.54) is 19.3 Å². The van der Waals surface area contributed by atoms with Crippen molar-refractivity contribution < 1.29 is 14.0 Å². The Morgan fingerprint density at radius 3 is 3.04 bits per heavy atom. The summed E-state index contributed by atoms with van der Waals surface area (Å²) in [6, 6.07) is 3.97. The van der Waals surface area contributed by atoms with Crippen LogP contribution in [0.25, 0.3) is 11.4 Å². The van der Waals surface area contributed by atoms with E-state index in [1.807, 2.05) is 12.1 Å². The largest absolute Gasteiger partial charge is 0.475 e. The lowest BCUT2D eigenvalue weighted by Gasteiger charge is -2.20. The highest BCUT2D eigenvalue weighted by atomic mass is 16.5. The number of rotatable bonds is 8. The van der Waals surface area contributed by atoms with Gasteiger partial charge in [0.1, 0.15) is 6.61 Å². The van der Waals surface area contributed by atoms with Crippen molar-refractivity contribution in [2.45, 2.75) is 31.7 Å². The smallest absolute Gasteiger partial charge is 0.244 e. The van der Waals surface area contributed by atoms with Crippen LogP contribution < -0.4 is 4.74 Å². The van der Waals surface area contributed by atoms with Gasteiger partial charge in [-0.2, -0.15) is 4.98 Å². The van der Waals surface area contributed by atoms with Gasteiger partial charge in [-0.25, -0.2) is 4.98 Å². The number of methoxy groups -OCH3 is 1. The predicted molar refractivity (Wildman–Crippen MR) is 91.2 cm³/mol. The molecule has 0 radical (unpaired) electrons. The Balaban J connectivity index is 1.46. The summed E-state index contributed by atoms with van der Waals surface area (Å²) in [6.45, 7) is 3.28. The Hall–Kier alpha value is -1.99. The van der Waals surface area contributed by atoms with Crippen LogP contribution in [0.2, 0.25) is 0 Å². The van der Waals surface area contributed by atoms with E-state index >= 15 is 0 Å². The summed E-state index contributed by atoms with van der Waals surface area (Å²) in [5.74, 6) is 2.73. The van der Waals surface area contributed by atoms with Gasteiger partial charge >= 0.3 is 0 Å². The van der Waals surface area contributed by atoms with Gasteiger partial charge in [-0.3, -0.25) is 4.90 Å². The zero-order chi connectivity index (χ0) is 17.1. The van der Waals surface area contributed by atoms with E-state index in [2.05, 4.69) is 20.0 Å². The highest BCUT2D eigenvalue weighted by molar-refractivity contribution is 5.55. The summed E-state index contributed by atoms with van der Waals surface area (Å²) in [7, 11) is 1.64. The average Bonchev–Trinajstić information content (AvgIpc) is 3.11. The van der Waals surface area contributed by atoms with E-state index in [1.54, 1.807) is 13.3 Å². The maximum absolute atomic E-state index is 5.59. The highest BCUT2D eigenvalue weighted by Crippen LogP contribution is 2.37. The monoisotopic (exact) mass is 344 g/mol. The Bertz CT molecular complexity index is 701. The predicted octanol–water partition coefficient (Wildman–Crippen LogP) is 2.70. The molecule has 0 N–H and O–H groups in total. The second-order valence-corrected chi connectivity index (χ2v) is 6.78. The molecule has 0 unspecified atom stereocenters. The van der Waals surface area contributed by atoms with Crippen molar-refractivity contribution in [2.75, 3.05) is 33.4 Å². The third kappa shape index (κ3) is 3.99. The first kappa shape index (κ1) is 16.5. The van der Waals surface area contributed by atoms with Gasteiger partial charge in [-0.1, -0.05) is 5.16 Å². The molecule has 1 aliphatic carbocycles. The van der Waals surface area contributed by atoms with E-state index in [0.29, 0.717) is 24.9 Å². The van der Waals surface area contributed by atoms with Crippen molar-refractivity contribution in [3.05, 3.63) is 24.2 Å². The summed E-state index contributed by atoms with van der Waals surface area (Å²) >= 11 is 0. The van der Waals surface area contributed by atoms with Gasteiger partial charge in [-0.05, 0) is 44.2 Å². The lowest BCUT2D eigenvalue weighted by molar-refractivity contribution is 0.144. The minimum absolute atomic E-state index is 0.265. The molecular weight excluding hydrogens is 320 g/mol. The minimum Gasteiger partial charge on any atom is -0.475 e. The van der Waals surface area contributed by atoms with Gasteiger partial charge in [0.25, 0.3) is 0 Å². The van der Waals surface area contributed by atoms with Crippen LogP contribution in [0.3, 0.4) is 0 Å². The summed E-state index contributed by atoms with van der Waals surface area (Å²) < 4.78 is 16.1. The van der Waals surface area contributed by atoms with Crippen molar-refractivity contribution in [3.8, 4) is 17.3 Å². The SMILES string of the molecule is COCCOc1cc(-c2noc([C@H]3CCCN3CC3CC3)n2)ccn1. The van der Waals surface area contributed by atoms with Crippen LogP contribution in [0.15, 0.2) is 22.9 Å². The van der Waals surface area contributed by atoms with Gasteiger partial charge in [0.05, 0.1) is 12.6 Å². The molecule has 7 heteroatoms. The maximum atomic E-state index is 5.59. The maximum Gasteiger partial charge on any atom is 0.244 e. The lowest BCUT2D eigenvalue weighted by Crippen LogP contribution is -2.25. The van der Waals surface area contributed by atoms with Crippen LogP contribution in [0, 0.1) is 5.92 Å². The molecule has 2 aromatic heterocycles. The second kappa shape index (κ2) is 7.49. The summed E-state index contributed by atoms with van der Waals surface area (Å²) in [6.07, 6.45) is 6.71. The standard InChI is InChI=1S/C18H24N4O3/c1-23-9-10-24-16-11-14(6-7-19-16)17-20-18(25-21-17)15-3-2-8-22(15)12-13-4-5-13/h6-7,11,13,15H,2-5,8-10,12H2,1H3/t15-/m1/s1. The number of hydrogen-bond donors (Lipinski definition) is 0. The fourth-order valence-corrected chi connectivity index (χ4v) is 3.30. The molecule has 7 nitrogen and oxygen atoms in total. The van der Waals surface area contributed by atoms with Crippen LogP contribution in [-0.2, 0) is 4.74 Å². The van der Waals surface area contributed by atoms with Crippen LogP contribution in [0.4, 0.5) is 0 Å². The summed E-state index contributed by atoms with van der Waals surface area (Å²) in [5, 5.41) is 4.18. The zero-order valence-corrected chi connectivity index (χ0v) is 14.6. The lowest BCUT2D eigenvalue weighted by atomic mass is 10.2. The fourth-order valence-electron chi connectivity index (χ4n) is 3.30. The first-order chi connectivity index (χ1) is 12.3. The van der Waals surface area contributed by atoms with Gasteiger partial charge in [0, 0.05) is 31.5 Å². The molecule has 25 heavy (non-hydrogen) atoms. The molecule has 1 aliphatic heterocycles. The molecule has 0 aromatic carbocycles. The number of pyridine rings is 1. The Morgan fingerprint density at radius 1 is 1.28 bits per heavy atom. The third-order valence-electron chi connectivity index (χ3n) is 4.81. The van der Waals surface area contributed by atoms with E-state index in [0.717, 1.165) is 36.9 Å². The molecule has 0 bridgehead atoms. The molecule has 4 rings (SSSR count). The van der Waals surface area contributed by atoms with Gasteiger partial charge in [0.2, 0.25) is 17.6 Å².